The van der Waals surface area contributed by atoms with E-state index in [0.29, 0.717) is 6.04 Å². The van der Waals surface area contributed by atoms with Crippen LogP contribution in [0.4, 0.5) is 11.4 Å². The highest BCUT2D eigenvalue weighted by Crippen LogP contribution is 2.31. The van der Waals surface area contributed by atoms with Crippen LogP contribution in [0.3, 0.4) is 0 Å². The minimum atomic E-state index is 0.583. The third-order valence-corrected chi connectivity index (χ3v) is 3.64. The number of unbranched alkanes of at least 4 members (excludes halogenated alkanes) is 3. The van der Waals surface area contributed by atoms with Crippen molar-refractivity contribution in [2.75, 3.05) is 23.3 Å². The maximum absolute atomic E-state index is 3.77. The van der Waals surface area contributed by atoms with E-state index in [1.807, 2.05) is 6.08 Å². The number of hydrogen-bond acceptors (Lipinski definition) is 2. The zero-order valence-electron chi connectivity index (χ0n) is 11.4. The number of fused-ring (bicyclic) bond motifs is 1. The minimum Gasteiger partial charge on any atom is -0.381 e. The molecule has 0 radical (unpaired) electrons. The van der Waals surface area contributed by atoms with Crippen molar-refractivity contribution in [1.29, 1.82) is 0 Å². The quantitative estimate of drug-likeness (QED) is 0.600. The summed E-state index contributed by atoms with van der Waals surface area (Å²) in [5, 5.41) is 3.50. The molecule has 0 saturated heterocycles. The fourth-order valence-electron chi connectivity index (χ4n) is 2.57. The second kappa shape index (κ2) is 6.48. The number of benzene rings is 1. The van der Waals surface area contributed by atoms with Crippen molar-refractivity contribution < 1.29 is 0 Å². The third-order valence-electron chi connectivity index (χ3n) is 3.64. The Labute approximate surface area is 111 Å². The molecule has 1 aromatic carbocycles. The van der Waals surface area contributed by atoms with Crippen molar-refractivity contribution in [2.24, 2.45) is 0 Å². The van der Waals surface area contributed by atoms with Gasteiger partial charge < -0.3 is 10.2 Å². The van der Waals surface area contributed by atoms with E-state index in [1.165, 1.54) is 30.6 Å². The Morgan fingerprint density at radius 2 is 2.17 bits per heavy atom. The van der Waals surface area contributed by atoms with Crippen LogP contribution >= 0.6 is 0 Å². The van der Waals surface area contributed by atoms with Gasteiger partial charge in [-0.25, -0.2) is 0 Å². The predicted molar refractivity (Wildman–Crippen MR) is 80.4 cm³/mol. The number of para-hydroxylation sites is 2. The number of rotatable bonds is 6. The minimum absolute atomic E-state index is 0.583. The number of hydrogen-bond donors (Lipinski definition) is 1. The molecule has 1 heterocycles. The van der Waals surface area contributed by atoms with Gasteiger partial charge in [-0.15, -0.1) is 6.58 Å². The van der Waals surface area contributed by atoms with E-state index in [1.54, 1.807) is 0 Å². The molecule has 0 amide bonds. The summed E-state index contributed by atoms with van der Waals surface area (Å²) in [6.07, 6.45) is 7.00. The first kappa shape index (κ1) is 13.0. The summed E-state index contributed by atoms with van der Waals surface area (Å²) in [6.45, 7) is 8.28. The van der Waals surface area contributed by atoms with E-state index < -0.39 is 0 Å². The van der Waals surface area contributed by atoms with Crippen molar-refractivity contribution in [1.82, 2.24) is 0 Å². The highest BCUT2D eigenvalue weighted by molar-refractivity contribution is 5.72. The zero-order chi connectivity index (χ0) is 12.8. The first-order valence-corrected chi connectivity index (χ1v) is 7.03. The zero-order valence-corrected chi connectivity index (χ0v) is 11.4. The van der Waals surface area contributed by atoms with Crippen molar-refractivity contribution >= 4 is 11.4 Å². The normalized spacial score (nSPS) is 18.1. The molecule has 1 atom stereocenters. The molecule has 2 heteroatoms. The monoisotopic (exact) mass is 244 g/mol. The molecular formula is C16H24N2. The highest BCUT2D eigenvalue weighted by Gasteiger charge is 2.21. The number of allylic oxidation sites excluding steroid dienone is 1. The van der Waals surface area contributed by atoms with Gasteiger partial charge in [0.1, 0.15) is 0 Å². The van der Waals surface area contributed by atoms with E-state index in [9.17, 15) is 0 Å². The van der Waals surface area contributed by atoms with Crippen LogP contribution in [0.1, 0.15) is 32.6 Å². The number of anilines is 2. The molecular weight excluding hydrogens is 220 g/mol. The van der Waals surface area contributed by atoms with Crippen LogP contribution in [0.5, 0.6) is 0 Å². The largest absolute Gasteiger partial charge is 0.381 e. The molecule has 1 aromatic rings. The van der Waals surface area contributed by atoms with Gasteiger partial charge in [0.15, 0.2) is 0 Å². The Morgan fingerprint density at radius 1 is 1.33 bits per heavy atom. The molecule has 0 aromatic heterocycles. The summed E-state index contributed by atoms with van der Waals surface area (Å²) in [4.78, 5) is 2.54. The summed E-state index contributed by atoms with van der Waals surface area (Å²) < 4.78 is 0. The van der Waals surface area contributed by atoms with Gasteiger partial charge in [0.2, 0.25) is 0 Å². The summed E-state index contributed by atoms with van der Waals surface area (Å²) in [5.41, 5.74) is 2.64. The predicted octanol–water partition coefficient (Wildman–Crippen LogP) is 4.05. The molecule has 0 spiro atoms. The van der Waals surface area contributed by atoms with Gasteiger partial charge >= 0.3 is 0 Å². The van der Waals surface area contributed by atoms with Gasteiger partial charge in [-0.2, -0.15) is 0 Å². The molecule has 1 aliphatic heterocycles. The lowest BCUT2D eigenvalue weighted by molar-refractivity contribution is 0.595. The van der Waals surface area contributed by atoms with Crippen LogP contribution in [0.2, 0.25) is 0 Å². The molecule has 2 nitrogen and oxygen atoms in total. The van der Waals surface area contributed by atoms with E-state index >= 15 is 0 Å². The Balaban J connectivity index is 1.92. The van der Waals surface area contributed by atoms with E-state index in [4.69, 9.17) is 0 Å². The highest BCUT2D eigenvalue weighted by atomic mass is 15.2. The first-order chi connectivity index (χ1) is 8.83. The molecule has 0 bridgehead atoms. The van der Waals surface area contributed by atoms with Crippen LogP contribution in [0.25, 0.3) is 0 Å². The molecule has 0 saturated carbocycles. The summed E-state index contributed by atoms with van der Waals surface area (Å²) in [5.74, 6) is 0. The maximum Gasteiger partial charge on any atom is 0.0605 e. The van der Waals surface area contributed by atoms with Gasteiger partial charge in [0.25, 0.3) is 0 Å². The molecule has 1 unspecified atom stereocenters. The maximum atomic E-state index is 3.77. The van der Waals surface area contributed by atoms with E-state index in [-0.39, 0.29) is 0 Å². The van der Waals surface area contributed by atoms with Crippen LogP contribution in [0, 0.1) is 0 Å². The van der Waals surface area contributed by atoms with Crippen LogP contribution in [0.15, 0.2) is 36.9 Å². The third kappa shape index (κ3) is 3.06. The fourth-order valence-corrected chi connectivity index (χ4v) is 2.57. The van der Waals surface area contributed by atoms with Gasteiger partial charge in [-0.1, -0.05) is 24.6 Å². The smallest absolute Gasteiger partial charge is 0.0605 e. The average molecular weight is 244 g/mol. The second-order valence-corrected chi connectivity index (χ2v) is 5.08. The summed E-state index contributed by atoms with van der Waals surface area (Å²) >= 11 is 0. The Bertz CT molecular complexity index is 386. The number of nitrogens with one attached hydrogen (secondary N) is 1. The topological polar surface area (TPSA) is 15.3 Å². The summed E-state index contributed by atoms with van der Waals surface area (Å²) in [6, 6.07) is 9.21. The van der Waals surface area contributed by atoms with E-state index in [0.717, 1.165) is 19.5 Å². The van der Waals surface area contributed by atoms with Crippen LogP contribution in [-0.4, -0.2) is 19.1 Å². The molecule has 1 aliphatic rings. The van der Waals surface area contributed by atoms with Crippen molar-refractivity contribution in [3.63, 3.8) is 0 Å². The van der Waals surface area contributed by atoms with Crippen molar-refractivity contribution in [3.8, 4) is 0 Å². The van der Waals surface area contributed by atoms with Crippen molar-refractivity contribution in [2.45, 2.75) is 38.6 Å². The lowest BCUT2D eigenvalue weighted by Crippen LogP contribution is -2.42. The molecule has 98 valence electrons. The van der Waals surface area contributed by atoms with Gasteiger partial charge in [-0.05, 0) is 38.3 Å². The molecule has 18 heavy (non-hydrogen) atoms. The molecule has 2 rings (SSSR count). The van der Waals surface area contributed by atoms with Crippen LogP contribution < -0.4 is 10.2 Å². The van der Waals surface area contributed by atoms with Gasteiger partial charge in [-0.3, -0.25) is 0 Å². The SMILES string of the molecule is C=CCCCCCN1c2ccccc2NCC1C. The molecule has 1 N–H and O–H groups in total. The van der Waals surface area contributed by atoms with Crippen molar-refractivity contribution in [3.05, 3.63) is 36.9 Å². The number of nitrogens with zero attached hydrogens (tertiary/aromatic N) is 1. The fraction of sp³-hybridized carbons (Fsp3) is 0.500. The standard InChI is InChI=1S/C16H24N2/c1-3-4-5-6-9-12-18-14(2)13-17-15-10-7-8-11-16(15)18/h3,7-8,10-11,14,17H,1,4-6,9,12-13H2,2H3. The summed E-state index contributed by atoms with van der Waals surface area (Å²) in [7, 11) is 0. The molecule has 0 fully saturated rings. The Hall–Kier alpha value is -1.44. The van der Waals surface area contributed by atoms with E-state index in [2.05, 4.69) is 48.0 Å². The molecule has 0 aliphatic carbocycles. The lowest BCUT2D eigenvalue weighted by Gasteiger charge is -2.37. The Kier molecular flexibility index (Phi) is 4.68. The van der Waals surface area contributed by atoms with Gasteiger partial charge in [0.05, 0.1) is 11.4 Å². The lowest BCUT2D eigenvalue weighted by atomic mass is 10.1. The second-order valence-electron chi connectivity index (χ2n) is 5.08. The average Bonchev–Trinajstić information content (AvgIpc) is 2.41. The Morgan fingerprint density at radius 3 is 3.00 bits per heavy atom. The first-order valence-electron chi connectivity index (χ1n) is 7.03. The van der Waals surface area contributed by atoms with Crippen LogP contribution in [-0.2, 0) is 0 Å². The van der Waals surface area contributed by atoms with Gasteiger partial charge in [0, 0.05) is 19.1 Å².